The van der Waals surface area contributed by atoms with Crippen LogP contribution in [0, 0.1) is 0 Å². The van der Waals surface area contributed by atoms with Crippen molar-refractivity contribution in [2.45, 2.75) is 44.6 Å². The molecule has 0 radical (unpaired) electrons. The minimum atomic E-state index is -1.24. The summed E-state index contributed by atoms with van der Waals surface area (Å²) < 4.78 is 0. The predicted molar refractivity (Wildman–Crippen MR) is 59.8 cm³/mol. The molecule has 0 saturated heterocycles. The number of carbonyl (C=O) groups is 1. The summed E-state index contributed by atoms with van der Waals surface area (Å²) in [6.07, 6.45) is 7.91. The second-order valence-electron chi connectivity index (χ2n) is 3.55. The van der Waals surface area contributed by atoms with Crippen LogP contribution in [-0.4, -0.2) is 29.2 Å². The van der Waals surface area contributed by atoms with Crippen molar-refractivity contribution in [1.29, 1.82) is 0 Å². The maximum atomic E-state index is 10.4. The molecule has 90 valence electrons. The fraction of sp³-hybridized carbons (Fsp3) is 0.900. The normalized spacial score (nSPS) is 12.7. The molecule has 15 heavy (non-hydrogen) atoms. The Hall–Kier alpha value is -0.260. The Morgan fingerprint density at radius 2 is 1.93 bits per heavy atom. The summed E-state index contributed by atoms with van der Waals surface area (Å²) in [6, 6.07) is -0.920. The SMILES string of the molecule is CSCCCCCCCC(NO)C(=O)[O-]. The van der Waals surface area contributed by atoms with Crippen molar-refractivity contribution in [2.24, 2.45) is 0 Å². The minimum Gasteiger partial charge on any atom is -0.548 e. The number of hydrogen-bond acceptors (Lipinski definition) is 5. The molecule has 0 heterocycles. The van der Waals surface area contributed by atoms with E-state index in [1.54, 1.807) is 5.48 Å². The van der Waals surface area contributed by atoms with Crippen LogP contribution in [0.1, 0.15) is 38.5 Å². The van der Waals surface area contributed by atoms with E-state index in [0.717, 1.165) is 19.3 Å². The van der Waals surface area contributed by atoms with Crippen LogP contribution in [0.15, 0.2) is 0 Å². The van der Waals surface area contributed by atoms with E-state index in [2.05, 4.69) is 6.26 Å². The first-order valence-corrected chi connectivity index (χ1v) is 6.71. The molecule has 1 unspecified atom stereocenters. The van der Waals surface area contributed by atoms with Gasteiger partial charge in [0.15, 0.2) is 0 Å². The highest BCUT2D eigenvalue weighted by molar-refractivity contribution is 7.98. The first-order chi connectivity index (χ1) is 7.22. The molecule has 0 rings (SSSR count). The van der Waals surface area contributed by atoms with Gasteiger partial charge in [-0.3, -0.25) is 0 Å². The molecule has 0 aromatic carbocycles. The molecule has 0 aliphatic rings. The van der Waals surface area contributed by atoms with Gasteiger partial charge in [0.1, 0.15) is 0 Å². The number of rotatable bonds is 10. The molecule has 0 bridgehead atoms. The summed E-state index contributed by atoms with van der Waals surface area (Å²) >= 11 is 1.85. The molecule has 5 heteroatoms. The van der Waals surface area contributed by atoms with Gasteiger partial charge in [0, 0.05) is 0 Å². The molecule has 0 saturated carbocycles. The second-order valence-corrected chi connectivity index (χ2v) is 4.54. The van der Waals surface area contributed by atoms with Crippen LogP contribution in [0.5, 0.6) is 0 Å². The number of thioether (sulfide) groups is 1. The number of unbranched alkanes of at least 4 members (excludes halogenated alkanes) is 4. The van der Waals surface area contributed by atoms with E-state index in [4.69, 9.17) is 5.21 Å². The average molecular weight is 234 g/mol. The maximum absolute atomic E-state index is 10.4. The number of carbonyl (C=O) groups excluding carboxylic acids is 1. The van der Waals surface area contributed by atoms with Crippen LogP contribution in [0.25, 0.3) is 0 Å². The zero-order valence-corrected chi connectivity index (χ0v) is 10.0. The van der Waals surface area contributed by atoms with Crippen molar-refractivity contribution in [1.82, 2.24) is 5.48 Å². The van der Waals surface area contributed by atoms with Gasteiger partial charge >= 0.3 is 0 Å². The summed E-state index contributed by atoms with van der Waals surface area (Å²) in [5.74, 6) is -0.0419. The van der Waals surface area contributed by atoms with E-state index >= 15 is 0 Å². The zero-order chi connectivity index (χ0) is 11.5. The third-order valence-electron chi connectivity index (χ3n) is 2.28. The van der Waals surface area contributed by atoms with E-state index in [-0.39, 0.29) is 0 Å². The van der Waals surface area contributed by atoms with E-state index in [0.29, 0.717) is 6.42 Å². The van der Waals surface area contributed by atoms with Crippen molar-refractivity contribution >= 4 is 17.7 Å². The van der Waals surface area contributed by atoms with E-state index in [1.165, 1.54) is 18.6 Å². The van der Waals surface area contributed by atoms with Crippen LogP contribution < -0.4 is 10.6 Å². The standard InChI is InChI=1S/C10H21NO3S/c1-15-8-6-4-2-3-5-7-9(11-14)10(12)13/h9,11,14H,2-8H2,1H3,(H,12,13)/p-1. The highest BCUT2D eigenvalue weighted by atomic mass is 32.2. The van der Waals surface area contributed by atoms with Crippen molar-refractivity contribution in [3.8, 4) is 0 Å². The Kier molecular flexibility index (Phi) is 10.1. The molecule has 4 nitrogen and oxygen atoms in total. The van der Waals surface area contributed by atoms with Gasteiger partial charge in [-0.25, -0.2) is 0 Å². The number of carboxylic acids is 1. The fourth-order valence-corrected chi connectivity index (χ4v) is 1.85. The zero-order valence-electron chi connectivity index (χ0n) is 9.20. The van der Waals surface area contributed by atoms with Gasteiger partial charge in [0.25, 0.3) is 0 Å². The van der Waals surface area contributed by atoms with Crippen molar-refractivity contribution in [3.63, 3.8) is 0 Å². The number of nitrogens with one attached hydrogen (secondary N) is 1. The van der Waals surface area contributed by atoms with E-state index in [1.807, 2.05) is 11.8 Å². The van der Waals surface area contributed by atoms with Crippen molar-refractivity contribution in [3.05, 3.63) is 0 Å². The highest BCUT2D eigenvalue weighted by Crippen LogP contribution is 2.09. The van der Waals surface area contributed by atoms with Crippen molar-refractivity contribution < 1.29 is 15.1 Å². The maximum Gasteiger partial charge on any atom is 0.0714 e. The monoisotopic (exact) mass is 234 g/mol. The highest BCUT2D eigenvalue weighted by Gasteiger charge is 2.06. The smallest absolute Gasteiger partial charge is 0.0714 e. The lowest BCUT2D eigenvalue weighted by atomic mass is 10.1. The first-order valence-electron chi connectivity index (χ1n) is 5.31. The molecule has 0 fully saturated rings. The molecule has 0 aromatic rings. The minimum absolute atomic E-state index is 0.432. The van der Waals surface area contributed by atoms with Crippen LogP contribution in [0.2, 0.25) is 0 Å². The number of hydroxylamine groups is 1. The third-order valence-corrected chi connectivity index (χ3v) is 2.98. The van der Waals surface area contributed by atoms with E-state index < -0.39 is 12.0 Å². The summed E-state index contributed by atoms with van der Waals surface area (Å²) in [5.41, 5.74) is 1.75. The molecule has 1 atom stereocenters. The summed E-state index contributed by atoms with van der Waals surface area (Å²) in [6.45, 7) is 0. The molecule has 0 aliphatic heterocycles. The Morgan fingerprint density at radius 1 is 1.33 bits per heavy atom. The predicted octanol–water partition coefficient (Wildman–Crippen LogP) is 0.787. The van der Waals surface area contributed by atoms with Gasteiger partial charge < -0.3 is 15.1 Å². The van der Waals surface area contributed by atoms with Gasteiger partial charge in [-0.15, -0.1) is 0 Å². The lowest BCUT2D eigenvalue weighted by molar-refractivity contribution is -0.310. The lowest BCUT2D eigenvalue weighted by Crippen LogP contribution is -2.44. The fourth-order valence-electron chi connectivity index (χ4n) is 1.36. The second kappa shape index (κ2) is 10.3. The third kappa shape index (κ3) is 8.72. The van der Waals surface area contributed by atoms with Crippen LogP contribution in [0.4, 0.5) is 0 Å². The number of aliphatic carboxylic acids is 1. The number of hydrogen-bond donors (Lipinski definition) is 2. The van der Waals surface area contributed by atoms with Crippen LogP contribution in [-0.2, 0) is 4.79 Å². The molecule has 0 spiro atoms. The molecule has 0 amide bonds. The Morgan fingerprint density at radius 3 is 2.47 bits per heavy atom. The molecule has 0 aromatic heterocycles. The Balaban J connectivity index is 3.25. The first kappa shape index (κ1) is 14.7. The largest absolute Gasteiger partial charge is 0.548 e. The average Bonchev–Trinajstić information content (AvgIpc) is 2.21. The Labute approximate surface area is 95.4 Å². The van der Waals surface area contributed by atoms with Gasteiger partial charge in [-0.05, 0) is 24.9 Å². The number of carboxylic acid groups (broad SMARTS) is 1. The lowest BCUT2D eigenvalue weighted by Gasteiger charge is -2.15. The molecule has 0 aliphatic carbocycles. The van der Waals surface area contributed by atoms with Gasteiger partial charge in [0.05, 0.1) is 12.0 Å². The molecular weight excluding hydrogens is 214 g/mol. The Bertz CT molecular complexity index is 167. The van der Waals surface area contributed by atoms with E-state index in [9.17, 15) is 9.90 Å². The van der Waals surface area contributed by atoms with Crippen LogP contribution >= 0.6 is 11.8 Å². The molecular formula is C10H20NO3S-. The quantitative estimate of drug-likeness (QED) is 0.432. The summed E-state index contributed by atoms with van der Waals surface area (Å²) in [7, 11) is 0. The molecule has 2 N–H and O–H groups in total. The summed E-state index contributed by atoms with van der Waals surface area (Å²) in [5, 5.41) is 18.9. The van der Waals surface area contributed by atoms with Crippen molar-refractivity contribution in [2.75, 3.05) is 12.0 Å². The van der Waals surface area contributed by atoms with Crippen LogP contribution in [0.3, 0.4) is 0 Å². The van der Waals surface area contributed by atoms with Gasteiger partial charge in [-0.2, -0.15) is 17.2 Å². The topological polar surface area (TPSA) is 72.4 Å². The van der Waals surface area contributed by atoms with Gasteiger partial charge in [-0.1, -0.05) is 25.7 Å². The van der Waals surface area contributed by atoms with Gasteiger partial charge in [0.2, 0.25) is 0 Å². The summed E-state index contributed by atoms with van der Waals surface area (Å²) in [4.78, 5) is 10.4.